The molecule has 0 aliphatic rings. The molecule has 0 aromatic carbocycles. The maximum atomic E-state index is 11.4. The van der Waals surface area contributed by atoms with E-state index in [4.69, 9.17) is 4.74 Å². The second-order valence-corrected chi connectivity index (χ2v) is 3.26. The lowest BCUT2D eigenvalue weighted by atomic mass is 10.3. The SMILES string of the molecule is C=CCNC(=O)C(C)NCCC(=O)OCC. The summed E-state index contributed by atoms with van der Waals surface area (Å²) < 4.78 is 4.76. The minimum Gasteiger partial charge on any atom is -0.466 e. The van der Waals surface area contributed by atoms with E-state index < -0.39 is 0 Å². The zero-order valence-electron chi connectivity index (χ0n) is 9.91. The van der Waals surface area contributed by atoms with Crippen LogP contribution in [0.15, 0.2) is 12.7 Å². The maximum Gasteiger partial charge on any atom is 0.307 e. The van der Waals surface area contributed by atoms with Crippen molar-refractivity contribution in [1.82, 2.24) is 10.6 Å². The summed E-state index contributed by atoms with van der Waals surface area (Å²) in [6.45, 7) is 8.26. The Morgan fingerprint density at radius 2 is 2.19 bits per heavy atom. The first kappa shape index (κ1) is 14.6. The van der Waals surface area contributed by atoms with Crippen LogP contribution in [0.2, 0.25) is 0 Å². The van der Waals surface area contributed by atoms with E-state index in [0.29, 0.717) is 19.7 Å². The van der Waals surface area contributed by atoms with Crippen molar-refractivity contribution in [2.24, 2.45) is 0 Å². The van der Waals surface area contributed by atoms with E-state index in [1.165, 1.54) is 0 Å². The predicted octanol–water partition coefficient (Wildman–Crippen LogP) is 0.220. The average Bonchev–Trinajstić information content (AvgIpc) is 2.26. The molecule has 0 heterocycles. The van der Waals surface area contributed by atoms with Gasteiger partial charge >= 0.3 is 5.97 Å². The molecule has 0 aromatic rings. The van der Waals surface area contributed by atoms with Crippen molar-refractivity contribution in [3.8, 4) is 0 Å². The summed E-state index contributed by atoms with van der Waals surface area (Å²) in [5.74, 6) is -0.363. The first-order valence-corrected chi connectivity index (χ1v) is 5.39. The van der Waals surface area contributed by atoms with E-state index >= 15 is 0 Å². The van der Waals surface area contributed by atoms with Gasteiger partial charge in [-0.2, -0.15) is 0 Å². The third-order valence-corrected chi connectivity index (χ3v) is 1.90. The third-order valence-electron chi connectivity index (χ3n) is 1.90. The number of hydrogen-bond acceptors (Lipinski definition) is 4. The Balaban J connectivity index is 3.63. The number of amides is 1. The molecule has 0 saturated heterocycles. The van der Waals surface area contributed by atoms with Crippen LogP contribution < -0.4 is 10.6 Å². The molecule has 0 bridgehead atoms. The summed E-state index contributed by atoms with van der Waals surface area (Å²) in [7, 11) is 0. The molecule has 16 heavy (non-hydrogen) atoms. The van der Waals surface area contributed by atoms with Gasteiger partial charge in [0.25, 0.3) is 0 Å². The van der Waals surface area contributed by atoms with E-state index in [1.807, 2.05) is 0 Å². The smallest absolute Gasteiger partial charge is 0.307 e. The van der Waals surface area contributed by atoms with Crippen LogP contribution in [0.25, 0.3) is 0 Å². The Morgan fingerprint density at radius 1 is 1.50 bits per heavy atom. The summed E-state index contributed by atoms with van der Waals surface area (Å²) in [4.78, 5) is 22.4. The van der Waals surface area contributed by atoms with Gasteiger partial charge in [0.05, 0.1) is 19.1 Å². The zero-order chi connectivity index (χ0) is 12.4. The fraction of sp³-hybridized carbons (Fsp3) is 0.636. The van der Waals surface area contributed by atoms with Crippen molar-refractivity contribution < 1.29 is 14.3 Å². The molecule has 0 saturated carbocycles. The first-order chi connectivity index (χ1) is 7.61. The normalized spacial score (nSPS) is 11.6. The molecule has 0 fully saturated rings. The summed E-state index contributed by atoms with van der Waals surface area (Å²) in [6.07, 6.45) is 1.89. The molecule has 2 N–H and O–H groups in total. The standard InChI is InChI=1S/C11H20N2O3/c1-4-7-13-11(15)9(3)12-8-6-10(14)16-5-2/h4,9,12H,1,5-8H2,2-3H3,(H,13,15). The highest BCUT2D eigenvalue weighted by Crippen LogP contribution is 1.87. The lowest BCUT2D eigenvalue weighted by molar-refractivity contribution is -0.143. The van der Waals surface area contributed by atoms with Gasteiger partial charge in [-0.25, -0.2) is 0 Å². The van der Waals surface area contributed by atoms with Gasteiger partial charge < -0.3 is 15.4 Å². The van der Waals surface area contributed by atoms with Crippen molar-refractivity contribution in [3.05, 3.63) is 12.7 Å². The number of rotatable bonds is 8. The van der Waals surface area contributed by atoms with Crippen LogP contribution in [0.1, 0.15) is 20.3 Å². The van der Waals surface area contributed by atoms with Gasteiger partial charge in [0, 0.05) is 13.1 Å². The molecule has 5 nitrogen and oxygen atoms in total. The van der Waals surface area contributed by atoms with E-state index in [1.54, 1.807) is 19.9 Å². The second kappa shape index (κ2) is 8.91. The molecule has 0 aliphatic heterocycles. The predicted molar refractivity (Wildman–Crippen MR) is 61.9 cm³/mol. The quantitative estimate of drug-likeness (QED) is 0.460. The summed E-state index contributed by atoms with van der Waals surface area (Å²) in [6, 6.07) is -0.325. The van der Waals surface area contributed by atoms with E-state index in [2.05, 4.69) is 17.2 Å². The molecule has 92 valence electrons. The number of carbonyl (C=O) groups excluding carboxylic acids is 2. The molecule has 1 atom stereocenters. The van der Waals surface area contributed by atoms with Gasteiger partial charge in [0.15, 0.2) is 0 Å². The highest BCUT2D eigenvalue weighted by atomic mass is 16.5. The Hall–Kier alpha value is -1.36. The fourth-order valence-electron chi connectivity index (χ4n) is 1.04. The van der Waals surface area contributed by atoms with Crippen molar-refractivity contribution in [2.75, 3.05) is 19.7 Å². The first-order valence-electron chi connectivity index (χ1n) is 5.39. The van der Waals surface area contributed by atoms with Gasteiger partial charge in [0.2, 0.25) is 5.91 Å². The molecule has 0 radical (unpaired) electrons. The van der Waals surface area contributed by atoms with Crippen molar-refractivity contribution in [2.45, 2.75) is 26.3 Å². The average molecular weight is 228 g/mol. The molecular formula is C11H20N2O3. The Kier molecular flexibility index (Phi) is 8.15. The van der Waals surface area contributed by atoms with Gasteiger partial charge in [0.1, 0.15) is 0 Å². The lowest BCUT2D eigenvalue weighted by Gasteiger charge is -2.12. The monoisotopic (exact) mass is 228 g/mol. The molecular weight excluding hydrogens is 208 g/mol. The second-order valence-electron chi connectivity index (χ2n) is 3.26. The van der Waals surface area contributed by atoms with Crippen LogP contribution in [-0.4, -0.2) is 37.6 Å². The largest absolute Gasteiger partial charge is 0.466 e. The van der Waals surface area contributed by atoms with E-state index in [-0.39, 0.29) is 24.3 Å². The van der Waals surface area contributed by atoms with Crippen LogP contribution in [0, 0.1) is 0 Å². The fourth-order valence-corrected chi connectivity index (χ4v) is 1.04. The van der Waals surface area contributed by atoms with Gasteiger partial charge in [-0.1, -0.05) is 6.08 Å². The van der Waals surface area contributed by atoms with Gasteiger partial charge in [-0.15, -0.1) is 6.58 Å². The number of carbonyl (C=O) groups is 2. The Bertz CT molecular complexity index is 241. The van der Waals surface area contributed by atoms with Gasteiger partial charge in [-0.05, 0) is 13.8 Å². The Morgan fingerprint density at radius 3 is 2.75 bits per heavy atom. The summed E-state index contributed by atoms with van der Waals surface area (Å²) >= 11 is 0. The molecule has 0 spiro atoms. The van der Waals surface area contributed by atoms with Crippen LogP contribution in [0.5, 0.6) is 0 Å². The molecule has 0 aliphatic carbocycles. The number of esters is 1. The number of nitrogens with one attached hydrogen (secondary N) is 2. The number of hydrogen-bond donors (Lipinski definition) is 2. The lowest BCUT2D eigenvalue weighted by Crippen LogP contribution is -2.42. The molecule has 1 amide bonds. The van der Waals surface area contributed by atoms with Gasteiger partial charge in [-0.3, -0.25) is 9.59 Å². The molecule has 5 heteroatoms. The van der Waals surface area contributed by atoms with Crippen molar-refractivity contribution in [1.29, 1.82) is 0 Å². The molecule has 0 rings (SSSR count). The molecule has 1 unspecified atom stereocenters. The van der Waals surface area contributed by atoms with Crippen molar-refractivity contribution >= 4 is 11.9 Å². The molecule has 0 aromatic heterocycles. The summed E-state index contributed by atoms with van der Waals surface area (Å²) in [5, 5.41) is 5.59. The van der Waals surface area contributed by atoms with E-state index in [0.717, 1.165) is 0 Å². The minimum absolute atomic E-state index is 0.108. The maximum absolute atomic E-state index is 11.4. The topological polar surface area (TPSA) is 67.4 Å². The van der Waals surface area contributed by atoms with Crippen LogP contribution in [0.3, 0.4) is 0 Å². The minimum atomic E-state index is -0.325. The summed E-state index contributed by atoms with van der Waals surface area (Å²) in [5.41, 5.74) is 0. The highest BCUT2D eigenvalue weighted by molar-refractivity contribution is 5.81. The highest BCUT2D eigenvalue weighted by Gasteiger charge is 2.11. The third kappa shape index (κ3) is 7.00. The van der Waals surface area contributed by atoms with E-state index in [9.17, 15) is 9.59 Å². The van der Waals surface area contributed by atoms with Crippen LogP contribution >= 0.6 is 0 Å². The van der Waals surface area contributed by atoms with Crippen molar-refractivity contribution in [3.63, 3.8) is 0 Å². The van der Waals surface area contributed by atoms with Crippen LogP contribution in [-0.2, 0) is 14.3 Å². The Labute approximate surface area is 96.2 Å². The number of ether oxygens (including phenoxy) is 1. The zero-order valence-corrected chi connectivity index (χ0v) is 9.91. The van der Waals surface area contributed by atoms with Crippen LogP contribution in [0.4, 0.5) is 0 Å².